The van der Waals surface area contributed by atoms with Crippen molar-refractivity contribution >= 4 is 84.3 Å². The predicted octanol–water partition coefficient (Wildman–Crippen LogP) is 12.6. The van der Waals surface area contributed by atoms with Gasteiger partial charge in [-0.3, -0.25) is 0 Å². The summed E-state index contributed by atoms with van der Waals surface area (Å²) < 4.78 is 6.29. The first kappa shape index (κ1) is 36.6. The van der Waals surface area contributed by atoms with E-state index in [1.165, 1.54) is 9.13 Å². The van der Waals surface area contributed by atoms with Gasteiger partial charge >= 0.3 is 0 Å². The van der Waals surface area contributed by atoms with Gasteiger partial charge in [-0.05, 0) is 80.0 Å². The number of hydrogen-bond acceptors (Lipinski definition) is 2. The van der Waals surface area contributed by atoms with Crippen LogP contribution in [0.25, 0.3) is 22.1 Å². The average molecular weight is 772 g/mol. The number of nitrogens with zero attached hydrogens (tertiary/aromatic N) is 4. The smallest absolute Gasteiger partial charge is 0.171 e. The van der Waals surface area contributed by atoms with Crippen LogP contribution in [0.3, 0.4) is 0 Å². The van der Waals surface area contributed by atoms with Crippen molar-refractivity contribution in [2.75, 3.05) is 0 Å². The first-order chi connectivity index (χ1) is 20.0. The third-order valence-electron chi connectivity index (χ3n) is 10.1. The van der Waals surface area contributed by atoms with Gasteiger partial charge in [-0.1, -0.05) is 113 Å². The molecule has 0 saturated heterocycles. The van der Waals surface area contributed by atoms with Gasteiger partial charge < -0.3 is 8.47 Å². The van der Waals surface area contributed by atoms with Crippen LogP contribution in [0.15, 0.2) is 36.9 Å². The summed E-state index contributed by atoms with van der Waals surface area (Å²) in [5, 5.41) is 3.91. The van der Waals surface area contributed by atoms with Crippen LogP contribution in [-0.2, 0) is 6.42 Å². The van der Waals surface area contributed by atoms with E-state index in [1.807, 2.05) is 24.5 Å². The first-order valence-corrected chi connectivity index (χ1v) is 22.2. The van der Waals surface area contributed by atoms with Crippen LogP contribution in [0.5, 0.6) is 0 Å². The maximum atomic E-state index is 6.51. The third-order valence-corrected chi connectivity index (χ3v) is 25.0. The molecule has 0 radical (unpaired) electrons. The lowest BCUT2D eigenvalue weighted by Crippen LogP contribution is -2.51. The number of aromatic nitrogens is 4. The molecule has 0 unspecified atom stereocenters. The summed E-state index contributed by atoms with van der Waals surface area (Å²) >= 11 is 15.3. The van der Waals surface area contributed by atoms with Gasteiger partial charge in [-0.25, -0.2) is 9.97 Å². The molecule has 43 heavy (non-hydrogen) atoms. The Kier molecular flexibility index (Phi) is 12.1. The van der Waals surface area contributed by atoms with E-state index in [1.54, 1.807) is 0 Å². The number of pyridine rings is 2. The van der Waals surface area contributed by atoms with Crippen molar-refractivity contribution in [3.05, 3.63) is 56.1 Å². The van der Waals surface area contributed by atoms with Gasteiger partial charge in [0.25, 0.3) is 0 Å². The maximum Gasteiger partial charge on any atom is 0.171 e. The van der Waals surface area contributed by atoms with Crippen LogP contribution >= 0.6 is 45.8 Å². The van der Waals surface area contributed by atoms with Crippen LogP contribution in [0.2, 0.25) is 43.3 Å². The standard InChI is InChI=1S/C18H29ClN2Si.C16H24ClIN2Si/c1-8-15-11-21(18-17(15)16(19)9-10-20-18)22(12(2)3,13(4)5)14(6)7;1-10(2)21(11(3)4,12(5)6)20-9-14(18)15-13(17)7-8-19-16(15)20/h9-14H,8H2,1-7H3;7-12H,1-6H3. The second-order valence-electron chi connectivity index (χ2n) is 13.9. The molecule has 0 amide bonds. The Bertz CT molecular complexity index is 1490. The van der Waals surface area contributed by atoms with E-state index in [4.69, 9.17) is 28.2 Å². The van der Waals surface area contributed by atoms with E-state index in [2.05, 4.69) is 138 Å². The number of halogens is 3. The molecule has 4 nitrogen and oxygen atoms in total. The Morgan fingerprint density at radius 2 is 0.977 bits per heavy atom. The Hall–Kier alpha value is -0.876. The predicted molar refractivity (Wildman–Crippen MR) is 204 cm³/mol. The fourth-order valence-corrected chi connectivity index (χ4v) is 23.7. The van der Waals surface area contributed by atoms with Crippen molar-refractivity contribution < 1.29 is 0 Å². The van der Waals surface area contributed by atoms with E-state index >= 15 is 0 Å². The van der Waals surface area contributed by atoms with Crippen LogP contribution in [0.1, 0.15) is 95.6 Å². The normalized spacial score (nSPS) is 13.1. The lowest BCUT2D eigenvalue weighted by atomic mass is 10.2. The molecule has 9 heteroatoms. The lowest BCUT2D eigenvalue weighted by molar-refractivity contribution is 0.769. The van der Waals surface area contributed by atoms with Gasteiger partial charge in [0, 0.05) is 33.7 Å². The summed E-state index contributed by atoms with van der Waals surface area (Å²) in [6.45, 7) is 30.7. The number of fused-ring (bicyclic) bond motifs is 2. The first-order valence-electron chi connectivity index (χ1n) is 16.0. The van der Waals surface area contributed by atoms with E-state index in [-0.39, 0.29) is 0 Å². The molecule has 0 atom stereocenters. The molecular formula is C34H53Cl2IN4Si2. The van der Waals surface area contributed by atoms with E-state index in [0.717, 1.165) is 38.5 Å². The quantitative estimate of drug-likeness (QED) is 0.125. The van der Waals surface area contributed by atoms with Gasteiger partial charge in [-0.15, -0.1) is 0 Å². The van der Waals surface area contributed by atoms with Gasteiger partial charge in [0.1, 0.15) is 11.3 Å². The summed E-state index contributed by atoms with van der Waals surface area (Å²) in [6.07, 6.45) is 9.32. The minimum Gasteiger partial charge on any atom is -0.358 e. The summed E-state index contributed by atoms with van der Waals surface area (Å²) in [5.41, 5.74) is 7.35. The summed E-state index contributed by atoms with van der Waals surface area (Å²) in [4.78, 5) is 9.42. The van der Waals surface area contributed by atoms with Gasteiger partial charge in [0.15, 0.2) is 16.5 Å². The zero-order chi connectivity index (χ0) is 32.6. The second kappa shape index (κ2) is 14.3. The largest absolute Gasteiger partial charge is 0.358 e. The molecule has 0 bridgehead atoms. The minimum atomic E-state index is -1.79. The number of aryl methyl sites for hydroxylation is 1. The molecule has 0 aromatic carbocycles. The lowest BCUT2D eigenvalue weighted by Gasteiger charge is -2.44. The van der Waals surface area contributed by atoms with Gasteiger partial charge in [0.2, 0.25) is 0 Å². The molecule has 238 valence electrons. The van der Waals surface area contributed by atoms with Crippen LogP contribution < -0.4 is 0 Å². The number of rotatable bonds is 9. The summed E-state index contributed by atoms with van der Waals surface area (Å²) in [6, 6.07) is 3.80. The van der Waals surface area contributed by atoms with Crippen LogP contribution in [0, 0.1) is 3.57 Å². The fraction of sp³-hybridized carbons (Fsp3) is 0.588. The highest BCUT2D eigenvalue weighted by Crippen LogP contribution is 2.46. The molecule has 0 spiro atoms. The average Bonchev–Trinajstić information content (AvgIpc) is 3.44. The van der Waals surface area contributed by atoms with Crippen LogP contribution in [-0.4, -0.2) is 34.9 Å². The highest BCUT2D eigenvalue weighted by Gasteiger charge is 2.47. The highest BCUT2D eigenvalue weighted by atomic mass is 127. The topological polar surface area (TPSA) is 35.6 Å². The van der Waals surface area contributed by atoms with Crippen molar-refractivity contribution in [2.24, 2.45) is 0 Å². The molecule has 0 aliphatic carbocycles. The Morgan fingerprint density at radius 1 is 0.628 bits per heavy atom. The van der Waals surface area contributed by atoms with Crippen molar-refractivity contribution in [1.82, 2.24) is 18.4 Å². The summed E-state index contributed by atoms with van der Waals surface area (Å²) in [5.74, 6) is 0. The molecule has 0 N–H and O–H groups in total. The molecule has 4 rings (SSSR count). The molecule has 0 aliphatic rings. The molecular weight excluding hydrogens is 718 g/mol. The molecule has 0 fully saturated rings. The van der Waals surface area contributed by atoms with Crippen molar-refractivity contribution in [1.29, 1.82) is 0 Å². The van der Waals surface area contributed by atoms with Gasteiger partial charge in [-0.2, -0.15) is 0 Å². The van der Waals surface area contributed by atoms with E-state index in [9.17, 15) is 0 Å². The third kappa shape index (κ3) is 6.16. The summed E-state index contributed by atoms with van der Waals surface area (Å²) in [7, 11) is -3.57. The van der Waals surface area contributed by atoms with Crippen LogP contribution in [0.4, 0.5) is 0 Å². The zero-order valence-electron chi connectivity index (χ0n) is 28.6. The molecule has 4 heterocycles. The Balaban J connectivity index is 0.000000236. The molecule has 4 aromatic heterocycles. The number of hydrogen-bond donors (Lipinski definition) is 0. The minimum absolute atomic E-state index is 0.643. The monoisotopic (exact) mass is 770 g/mol. The highest BCUT2D eigenvalue weighted by molar-refractivity contribution is 14.1. The molecule has 0 saturated carbocycles. The van der Waals surface area contributed by atoms with E-state index in [0.29, 0.717) is 33.2 Å². The van der Waals surface area contributed by atoms with Crippen molar-refractivity contribution in [2.45, 2.75) is 130 Å². The van der Waals surface area contributed by atoms with Gasteiger partial charge in [0.05, 0.1) is 15.4 Å². The van der Waals surface area contributed by atoms with Crippen molar-refractivity contribution in [3.8, 4) is 0 Å². The molecule has 0 aliphatic heterocycles. The Morgan fingerprint density at radius 3 is 1.35 bits per heavy atom. The molecule has 4 aromatic rings. The van der Waals surface area contributed by atoms with E-state index < -0.39 is 16.5 Å². The Labute approximate surface area is 286 Å². The fourth-order valence-electron chi connectivity index (χ4n) is 8.79. The van der Waals surface area contributed by atoms with Crippen molar-refractivity contribution in [3.63, 3.8) is 0 Å². The zero-order valence-corrected chi connectivity index (χ0v) is 34.2. The SMILES string of the molecule is CC(C)[Si](C(C)C)(C(C)C)n1cc(I)c2c(Cl)ccnc21.CCc1cn([Si](C(C)C)(C(C)C)C(C)C)c2nccc(Cl)c12. The maximum absolute atomic E-state index is 6.51. The second-order valence-corrected chi connectivity index (χ2v) is 27.3.